The molecule has 0 fully saturated rings. The maximum Gasteiger partial charge on any atom is 0.244 e. The number of methoxy groups -OCH3 is 2. The minimum Gasteiger partial charge on any atom is -0.497 e. The summed E-state index contributed by atoms with van der Waals surface area (Å²) < 4.78 is 41.9. The van der Waals surface area contributed by atoms with E-state index < -0.39 is 16.1 Å². The molecule has 0 radical (unpaired) electrons. The van der Waals surface area contributed by atoms with Crippen molar-refractivity contribution in [1.82, 2.24) is 8.87 Å². The summed E-state index contributed by atoms with van der Waals surface area (Å²) in [6, 6.07) is 14.9. The summed E-state index contributed by atoms with van der Waals surface area (Å²) >= 11 is 0. The normalized spacial score (nSPS) is 16.3. The van der Waals surface area contributed by atoms with Crippen molar-refractivity contribution in [1.29, 1.82) is 0 Å². The Balaban J connectivity index is 1.80. The quantitative estimate of drug-likeness (QED) is 0.616. The summed E-state index contributed by atoms with van der Waals surface area (Å²) in [5.74, 6) is 0.953. The second-order valence-corrected chi connectivity index (χ2v) is 9.35. The van der Waals surface area contributed by atoms with Crippen molar-refractivity contribution < 1.29 is 22.7 Å². The molecule has 2 heterocycles. The number of benzene rings is 2. The molecule has 1 aliphatic rings. The molecule has 8 nitrogen and oxygen atoms in total. The summed E-state index contributed by atoms with van der Waals surface area (Å²) in [7, 11) is -0.719. The first-order valence-electron chi connectivity index (χ1n) is 10.1. The van der Waals surface area contributed by atoms with Gasteiger partial charge in [0.15, 0.2) is 0 Å². The second-order valence-electron chi connectivity index (χ2n) is 7.46. The van der Waals surface area contributed by atoms with Crippen LogP contribution in [0.1, 0.15) is 24.2 Å². The fraction of sp³-hybridized carbons (Fsp3) is 0.261. The lowest BCUT2D eigenvalue weighted by atomic mass is 10.0. The Hall–Kier alpha value is -3.30. The molecule has 1 aromatic heterocycles. The Bertz CT molecular complexity index is 1230. The third-order valence-electron chi connectivity index (χ3n) is 5.51. The van der Waals surface area contributed by atoms with Crippen LogP contribution in [-0.2, 0) is 21.4 Å². The molecule has 1 aliphatic heterocycles. The van der Waals surface area contributed by atoms with E-state index >= 15 is 0 Å². The van der Waals surface area contributed by atoms with E-state index in [4.69, 9.17) is 9.47 Å². The van der Waals surface area contributed by atoms with Crippen LogP contribution >= 0.6 is 0 Å². The lowest BCUT2D eigenvalue weighted by molar-refractivity contribution is -0.114. The highest BCUT2D eigenvalue weighted by Gasteiger charge is 2.39. The van der Waals surface area contributed by atoms with E-state index in [0.29, 0.717) is 30.3 Å². The van der Waals surface area contributed by atoms with Gasteiger partial charge < -0.3 is 19.4 Å². The Morgan fingerprint density at radius 3 is 2.44 bits per heavy atom. The fourth-order valence-electron chi connectivity index (χ4n) is 4.03. The number of nitrogens with zero attached hydrogens (tertiary/aromatic N) is 2. The molecule has 168 valence electrons. The van der Waals surface area contributed by atoms with Crippen molar-refractivity contribution in [3.05, 3.63) is 72.1 Å². The monoisotopic (exact) mass is 455 g/mol. The van der Waals surface area contributed by atoms with Gasteiger partial charge >= 0.3 is 0 Å². The standard InChI is InChI=1S/C23H25N3O5S/c1-16(27)24-17-6-9-19(10-7-17)32(28,29)26-14-13-25-12-4-5-21(25)23(26)20-11-8-18(30-2)15-22(20)31-3/h4-12,15,23H,13-14H2,1-3H3,(H,24,27). The van der Waals surface area contributed by atoms with E-state index in [1.807, 2.05) is 24.4 Å². The Kier molecular flexibility index (Phi) is 5.94. The van der Waals surface area contributed by atoms with Crippen molar-refractivity contribution >= 4 is 21.6 Å². The summed E-state index contributed by atoms with van der Waals surface area (Å²) in [6.45, 7) is 2.25. The van der Waals surface area contributed by atoms with Crippen molar-refractivity contribution in [2.24, 2.45) is 0 Å². The van der Waals surface area contributed by atoms with Crippen LogP contribution in [0.2, 0.25) is 0 Å². The maximum absolute atomic E-state index is 13.7. The third kappa shape index (κ3) is 3.96. The first-order chi connectivity index (χ1) is 15.3. The molecule has 1 amide bonds. The minimum absolute atomic E-state index is 0.157. The number of carbonyl (C=O) groups excluding carboxylic acids is 1. The maximum atomic E-state index is 13.7. The van der Waals surface area contributed by atoms with Gasteiger partial charge in [-0.25, -0.2) is 8.42 Å². The number of amides is 1. The molecular weight excluding hydrogens is 430 g/mol. The molecule has 0 aliphatic carbocycles. The van der Waals surface area contributed by atoms with Crippen molar-refractivity contribution in [3.63, 3.8) is 0 Å². The van der Waals surface area contributed by atoms with Gasteiger partial charge in [-0.15, -0.1) is 0 Å². The number of anilines is 1. The zero-order valence-corrected chi connectivity index (χ0v) is 18.9. The predicted octanol–water partition coefficient (Wildman–Crippen LogP) is 3.26. The molecular formula is C23H25N3O5S. The van der Waals surface area contributed by atoms with Gasteiger partial charge in [0.25, 0.3) is 0 Å². The topological polar surface area (TPSA) is 89.9 Å². The number of ether oxygens (including phenoxy) is 2. The van der Waals surface area contributed by atoms with Gasteiger partial charge in [0.05, 0.1) is 25.2 Å². The predicted molar refractivity (Wildman–Crippen MR) is 120 cm³/mol. The van der Waals surface area contributed by atoms with Gasteiger partial charge in [-0.05, 0) is 48.5 Å². The van der Waals surface area contributed by atoms with Gasteiger partial charge in [0.1, 0.15) is 11.5 Å². The minimum atomic E-state index is -3.85. The van der Waals surface area contributed by atoms with E-state index in [9.17, 15) is 13.2 Å². The van der Waals surface area contributed by atoms with Crippen LogP contribution < -0.4 is 14.8 Å². The molecule has 1 atom stereocenters. The summed E-state index contributed by atoms with van der Waals surface area (Å²) in [4.78, 5) is 11.4. The van der Waals surface area contributed by atoms with Crippen LogP contribution in [0.4, 0.5) is 5.69 Å². The number of hydrogen-bond acceptors (Lipinski definition) is 5. The number of nitrogens with one attached hydrogen (secondary N) is 1. The highest BCUT2D eigenvalue weighted by atomic mass is 32.2. The molecule has 0 spiro atoms. The SMILES string of the molecule is COc1ccc(C2c3cccn3CCN2S(=O)(=O)c2ccc(NC(C)=O)cc2)c(OC)c1. The van der Waals surface area contributed by atoms with Crippen LogP contribution in [0, 0.1) is 0 Å². The molecule has 32 heavy (non-hydrogen) atoms. The molecule has 3 aromatic rings. The largest absolute Gasteiger partial charge is 0.497 e. The van der Waals surface area contributed by atoms with E-state index in [1.54, 1.807) is 38.5 Å². The number of fused-ring (bicyclic) bond motifs is 1. The molecule has 0 saturated carbocycles. The van der Waals surface area contributed by atoms with E-state index in [0.717, 1.165) is 11.3 Å². The van der Waals surface area contributed by atoms with Gasteiger partial charge in [-0.3, -0.25) is 4.79 Å². The lowest BCUT2D eigenvalue weighted by Crippen LogP contribution is -2.42. The molecule has 2 aromatic carbocycles. The smallest absolute Gasteiger partial charge is 0.244 e. The fourth-order valence-corrected chi connectivity index (χ4v) is 5.60. The second kappa shape index (κ2) is 8.68. The first-order valence-corrected chi connectivity index (χ1v) is 11.6. The number of carbonyl (C=O) groups is 1. The van der Waals surface area contributed by atoms with Gasteiger partial charge in [0, 0.05) is 49.2 Å². The van der Waals surface area contributed by atoms with Crippen molar-refractivity contribution in [2.45, 2.75) is 24.4 Å². The number of rotatable bonds is 6. The lowest BCUT2D eigenvalue weighted by Gasteiger charge is -2.37. The summed E-state index contributed by atoms with van der Waals surface area (Å²) in [6.07, 6.45) is 1.95. The molecule has 9 heteroatoms. The van der Waals surface area contributed by atoms with Gasteiger partial charge in [0.2, 0.25) is 15.9 Å². The number of hydrogen-bond donors (Lipinski definition) is 1. The van der Waals surface area contributed by atoms with Crippen LogP contribution in [0.5, 0.6) is 11.5 Å². The van der Waals surface area contributed by atoms with Crippen LogP contribution in [0.3, 0.4) is 0 Å². The molecule has 1 unspecified atom stereocenters. The average Bonchev–Trinajstić information content (AvgIpc) is 3.27. The van der Waals surface area contributed by atoms with Gasteiger partial charge in [-0.1, -0.05) is 0 Å². The molecule has 0 saturated heterocycles. The summed E-state index contributed by atoms with van der Waals surface area (Å²) in [5, 5.41) is 2.65. The molecule has 4 rings (SSSR count). The van der Waals surface area contributed by atoms with Gasteiger partial charge in [-0.2, -0.15) is 4.31 Å². The Morgan fingerprint density at radius 1 is 1.03 bits per heavy atom. The van der Waals surface area contributed by atoms with Crippen LogP contribution in [-0.4, -0.2) is 44.0 Å². The Labute approximate surface area is 187 Å². The zero-order valence-electron chi connectivity index (χ0n) is 18.1. The Morgan fingerprint density at radius 2 is 1.78 bits per heavy atom. The third-order valence-corrected chi connectivity index (χ3v) is 7.39. The number of aromatic nitrogens is 1. The van der Waals surface area contributed by atoms with E-state index in [1.165, 1.54) is 23.4 Å². The first kappa shape index (κ1) is 21.9. The highest BCUT2D eigenvalue weighted by molar-refractivity contribution is 7.89. The van der Waals surface area contributed by atoms with Crippen LogP contribution in [0.25, 0.3) is 0 Å². The highest BCUT2D eigenvalue weighted by Crippen LogP contribution is 2.41. The molecule has 0 bridgehead atoms. The molecule has 1 N–H and O–H groups in total. The van der Waals surface area contributed by atoms with Crippen molar-refractivity contribution in [2.75, 3.05) is 26.1 Å². The average molecular weight is 456 g/mol. The van der Waals surface area contributed by atoms with Crippen LogP contribution in [0.15, 0.2) is 65.7 Å². The number of sulfonamides is 1. The van der Waals surface area contributed by atoms with E-state index in [-0.39, 0.29) is 10.8 Å². The van der Waals surface area contributed by atoms with Crippen molar-refractivity contribution in [3.8, 4) is 11.5 Å². The van der Waals surface area contributed by atoms with E-state index in [2.05, 4.69) is 9.88 Å². The summed E-state index contributed by atoms with van der Waals surface area (Å²) in [5.41, 5.74) is 2.13. The zero-order chi connectivity index (χ0) is 22.9.